The predicted molar refractivity (Wildman–Crippen MR) is 81.2 cm³/mol. The highest BCUT2D eigenvalue weighted by Crippen LogP contribution is 2.36. The Bertz CT molecular complexity index is 696. The van der Waals surface area contributed by atoms with E-state index in [1.807, 2.05) is 0 Å². The van der Waals surface area contributed by atoms with E-state index in [1.165, 1.54) is 11.8 Å². The summed E-state index contributed by atoms with van der Waals surface area (Å²) >= 11 is 0. The lowest BCUT2D eigenvalue weighted by atomic mass is 10.2. The van der Waals surface area contributed by atoms with Crippen LogP contribution in [0.4, 0.5) is 24.9 Å². The summed E-state index contributed by atoms with van der Waals surface area (Å²) in [6.45, 7) is 4.97. The summed E-state index contributed by atoms with van der Waals surface area (Å²) in [7, 11) is 0. The standard InChI is InChI=1S/C16H17F3N2O3/c1-4-23-14(22)12-13(16(17,18)19)20-15(24-12)21(10(2)3)11-8-6-5-7-9-11/h5-10H,4H2,1-3H3. The van der Waals surface area contributed by atoms with Gasteiger partial charge in [-0.3, -0.25) is 4.90 Å². The molecule has 0 bridgehead atoms. The van der Waals surface area contributed by atoms with E-state index in [0.717, 1.165) is 0 Å². The average Bonchev–Trinajstić information content (AvgIpc) is 2.93. The Kier molecular flexibility index (Phi) is 5.16. The highest BCUT2D eigenvalue weighted by molar-refractivity contribution is 5.88. The minimum Gasteiger partial charge on any atom is -0.460 e. The van der Waals surface area contributed by atoms with E-state index < -0.39 is 23.6 Å². The number of aromatic nitrogens is 1. The Morgan fingerprint density at radius 1 is 1.29 bits per heavy atom. The minimum atomic E-state index is -4.83. The third-order valence-corrected chi connectivity index (χ3v) is 3.10. The van der Waals surface area contributed by atoms with Crippen molar-refractivity contribution >= 4 is 17.7 Å². The molecule has 1 aromatic carbocycles. The normalized spacial score (nSPS) is 11.6. The van der Waals surface area contributed by atoms with Crippen molar-refractivity contribution in [2.75, 3.05) is 11.5 Å². The number of hydrogen-bond donors (Lipinski definition) is 0. The van der Waals surface area contributed by atoms with Crippen molar-refractivity contribution in [2.24, 2.45) is 0 Å². The highest BCUT2D eigenvalue weighted by atomic mass is 19.4. The first-order valence-electron chi connectivity index (χ1n) is 7.35. The zero-order chi connectivity index (χ0) is 17.9. The number of carbonyl (C=O) groups is 1. The third-order valence-electron chi connectivity index (χ3n) is 3.10. The molecule has 0 unspecified atom stereocenters. The fourth-order valence-electron chi connectivity index (χ4n) is 2.16. The molecule has 1 heterocycles. The third kappa shape index (κ3) is 3.69. The molecule has 0 radical (unpaired) electrons. The molecule has 0 aliphatic heterocycles. The number of para-hydroxylation sites is 1. The SMILES string of the molecule is CCOC(=O)c1oc(N(c2ccccc2)C(C)C)nc1C(F)(F)F. The van der Waals surface area contributed by atoms with Crippen LogP contribution in [-0.4, -0.2) is 23.6 Å². The average molecular weight is 342 g/mol. The first-order chi connectivity index (χ1) is 11.3. The fraction of sp³-hybridized carbons (Fsp3) is 0.375. The van der Waals surface area contributed by atoms with Gasteiger partial charge in [0.15, 0.2) is 5.69 Å². The zero-order valence-corrected chi connectivity index (χ0v) is 13.4. The van der Waals surface area contributed by atoms with Crippen LogP contribution in [0, 0.1) is 0 Å². The van der Waals surface area contributed by atoms with Gasteiger partial charge in [-0.2, -0.15) is 18.2 Å². The summed E-state index contributed by atoms with van der Waals surface area (Å²) in [5.41, 5.74) is -0.796. The van der Waals surface area contributed by atoms with Crippen molar-refractivity contribution < 1.29 is 27.1 Å². The minimum absolute atomic E-state index is 0.0707. The number of oxazole rings is 1. The number of benzene rings is 1. The maximum atomic E-state index is 13.2. The first-order valence-corrected chi connectivity index (χ1v) is 7.35. The van der Waals surface area contributed by atoms with E-state index in [4.69, 9.17) is 4.42 Å². The molecule has 0 amide bonds. The molecular weight excluding hydrogens is 325 g/mol. The fourth-order valence-corrected chi connectivity index (χ4v) is 2.16. The maximum absolute atomic E-state index is 13.2. The van der Waals surface area contributed by atoms with Gasteiger partial charge in [0.1, 0.15) is 0 Å². The summed E-state index contributed by atoms with van der Waals surface area (Å²) in [6.07, 6.45) is -4.83. The van der Waals surface area contributed by atoms with Crippen molar-refractivity contribution in [3.8, 4) is 0 Å². The molecular formula is C16H17F3N2O3. The van der Waals surface area contributed by atoms with Gasteiger partial charge in [-0.25, -0.2) is 4.79 Å². The van der Waals surface area contributed by atoms with Crippen molar-refractivity contribution in [3.05, 3.63) is 41.8 Å². The van der Waals surface area contributed by atoms with Crippen LogP contribution in [-0.2, 0) is 10.9 Å². The second-order valence-electron chi connectivity index (χ2n) is 5.19. The van der Waals surface area contributed by atoms with E-state index in [2.05, 4.69) is 9.72 Å². The lowest BCUT2D eigenvalue weighted by Crippen LogP contribution is -2.25. The summed E-state index contributed by atoms with van der Waals surface area (Å²) in [5, 5.41) is 0. The summed E-state index contributed by atoms with van der Waals surface area (Å²) < 4.78 is 49.3. The number of ether oxygens (including phenoxy) is 1. The molecule has 0 atom stereocenters. The molecule has 5 nitrogen and oxygen atoms in total. The van der Waals surface area contributed by atoms with Crippen LogP contribution < -0.4 is 4.90 Å². The first kappa shape index (κ1) is 17.8. The Morgan fingerprint density at radius 3 is 2.42 bits per heavy atom. The van der Waals surface area contributed by atoms with Crippen LogP contribution in [0.5, 0.6) is 0 Å². The van der Waals surface area contributed by atoms with Crippen LogP contribution in [0.2, 0.25) is 0 Å². The lowest BCUT2D eigenvalue weighted by molar-refractivity contribution is -0.141. The molecule has 0 N–H and O–H groups in total. The lowest BCUT2D eigenvalue weighted by Gasteiger charge is -2.24. The summed E-state index contributed by atoms with van der Waals surface area (Å²) in [5.74, 6) is -2.14. The van der Waals surface area contributed by atoms with Gasteiger partial charge in [-0.1, -0.05) is 18.2 Å². The molecule has 2 rings (SSSR count). The van der Waals surface area contributed by atoms with Gasteiger partial charge in [0.2, 0.25) is 5.76 Å². The molecule has 8 heteroatoms. The molecule has 1 aromatic heterocycles. The van der Waals surface area contributed by atoms with E-state index in [1.54, 1.807) is 44.2 Å². The van der Waals surface area contributed by atoms with Gasteiger partial charge >= 0.3 is 18.2 Å². The largest absolute Gasteiger partial charge is 0.460 e. The molecule has 0 aliphatic rings. The Morgan fingerprint density at radius 2 is 1.92 bits per heavy atom. The Labute approximate surface area is 137 Å². The Balaban J connectivity index is 2.55. The smallest absolute Gasteiger partial charge is 0.437 e. The highest BCUT2D eigenvalue weighted by Gasteiger charge is 2.42. The van der Waals surface area contributed by atoms with Crippen LogP contribution >= 0.6 is 0 Å². The van der Waals surface area contributed by atoms with Gasteiger partial charge in [0, 0.05) is 11.7 Å². The van der Waals surface area contributed by atoms with Gasteiger partial charge in [0.25, 0.3) is 0 Å². The molecule has 0 saturated heterocycles. The summed E-state index contributed by atoms with van der Waals surface area (Å²) in [6, 6.07) is 8.12. The summed E-state index contributed by atoms with van der Waals surface area (Å²) in [4.78, 5) is 16.8. The van der Waals surface area contributed by atoms with Gasteiger partial charge in [-0.05, 0) is 32.9 Å². The van der Waals surface area contributed by atoms with E-state index >= 15 is 0 Å². The number of carbonyl (C=O) groups excluding carboxylic acids is 1. The second kappa shape index (κ2) is 6.94. The second-order valence-corrected chi connectivity index (χ2v) is 5.19. The van der Waals surface area contributed by atoms with Crippen molar-refractivity contribution in [2.45, 2.75) is 33.0 Å². The van der Waals surface area contributed by atoms with Crippen molar-refractivity contribution in [3.63, 3.8) is 0 Å². The van der Waals surface area contributed by atoms with Crippen LogP contribution in [0.3, 0.4) is 0 Å². The molecule has 0 fully saturated rings. The predicted octanol–water partition coefficient (Wildman–Crippen LogP) is 4.42. The number of anilines is 2. The quantitative estimate of drug-likeness (QED) is 0.753. The van der Waals surface area contributed by atoms with Crippen LogP contribution in [0.1, 0.15) is 37.0 Å². The number of alkyl halides is 3. The topological polar surface area (TPSA) is 55.6 Å². The van der Waals surface area contributed by atoms with Gasteiger partial charge in [-0.15, -0.1) is 0 Å². The monoisotopic (exact) mass is 342 g/mol. The number of nitrogens with zero attached hydrogens (tertiary/aromatic N) is 2. The molecule has 0 aliphatic carbocycles. The number of hydrogen-bond acceptors (Lipinski definition) is 5. The zero-order valence-electron chi connectivity index (χ0n) is 13.4. The van der Waals surface area contributed by atoms with Crippen LogP contribution in [0.15, 0.2) is 34.7 Å². The number of esters is 1. The maximum Gasteiger partial charge on any atom is 0.437 e. The van der Waals surface area contributed by atoms with Crippen molar-refractivity contribution in [1.82, 2.24) is 4.98 Å². The molecule has 0 spiro atoms. The van der Waals surface area contributed by atoms with E-state index in [-0.39, 0.29) is 18.7 Å². The van der Waals surface area contributed by atoms with Gasteiger partial charge in [0.05, 0.1) is 6.61 Å². The van der Waals surface area contributed by atoms with E-state index in [0.29, 0.717) is 5.69 Å². The van der Waals surface area contributed by atoms with Gasteiger partial charge < -0.3 is 9.15 Å². The molecule has 0 saturated carbocycles. The molecule has 24 heavy (non-hydrogen) atoms. The number of rotatable bonds is 5. The molecule has 2 aromatic rings. The number of halogens is 3. The van der Waals surface area contributed by atoms with Crippen LogP contribution in [0.25, 0.3) is 0 Å². The molecule has 130 valence electrons. The Hall–Kier alpha value is -2.51. The van der Waals surface area contributed by atoms with Crippen molar-refractivity contribution in [1.29, 1.82) is 0 Å². The van der Waals surface area contributed by atoms with E-state index in [9.17, 15) is 18.0 Å².